The van der Waals surface area contributed by atoms with Crippen LogP contribution in [0.5, 0.6) is 0 Å². The molecule has 2 radical (unpaired) electrons. The molecule has 4 heteroatoms. The summed E-state index contributed by atoms with van der Waals surface area (Å²) in [6.45, 7) is 5.63. The molecule has 80 valence electrons. The molecule has 0 aliphatic carbocycles. The van der Waals surface area contributed by atoms with Crippen LogP contribution in [-0.4, -0.2) is 18.1 Å². The number of rotatable bonds is 2. The third kappa shape index (κ3) is 1.95. The van der Waals surface area contributed by atoms with Gasteiger partial charge in [-0.1, -0.05) is 12.1 Å². The molecular weight excluding hydrogens is 206 g/mol. The van der Waals surface area contributed by atoms with Crippen LogP contribution < -0.4 is 0 Å². The number of carbonyl (C=O) groups excluding carboxylic acids is 1. The average molecular weight is 215 g/mol. The van der Waals surface area contributed by atoms with Crippen molar-refractivity contribution >= 4 is 5.97 Å². The Labute approximate surface area is 92.9 Å². The molecule has 1 aromatic carbocycles. The van der Waals surface area contributed by atoms with Crippen LogP contribution >= 0.6 is 0 Å². The number of ether oxygens (including phenoxy) is 1. The van der Waals surface area contributed by atoms with E-state index >= 15 is 0 Å². The molecule has 0 fully saturated rings. The van der Waals surface area contributed by atoms with E-state index in [1.807, 2.05) is 0 Å². The normalized spacial score (nSPS) is 10.1. The summed E-state index contributed by atoms with van der Waals surface area (Å²) in [4.78, 5) is 15.2. The fourth-order valence-corrected chi connectivity index (χ4v) is 1.28. The summed E-state index contributed by atoms with van der Waals surface area (Å²) in [5.74, 6) is -0.188. The summed E-state index contributed by atoms with van der Waals surface area (Å²) in [5.41, 5.74) is 1.46. The van der Waals surface area contributed by atoms with Crippen LogP contribution in [-0.2, 0) is 4.74 Å². The van der Waals surface area contributed by atoms with Gasteiger partial charge in [0.2, 0.25) is 5.89 Å². The van der Waals surface area contributed by atoms with Gasteiger partial charge in [-0.25, -0.2) is 9.78 Å². The van der Waals surface area contributed by atoms with Crippen molar-refractivity contribution in [1.82, 2.24) is 4.98 Å². The number of nitrogens with zero attached hydrogens (tertiary/aromatic N) is 1. The lowest BCUT2D eigenvalue weighted by Crippen LogP contribution is -2.00. The van der Waals surface area contributed by atoms with Gasteiger partial charge in [0, 0.05) is 5.56 Å². The summed E-state index contributed by atoms with van der Waals surface area (Å²) in [7, 11) is 1.29. The molecule has 0 atom stereocenters. The fourth-order valence-electron chi connectivity index (χ4n) is 1.28. The zero-order valence-corrected chi connectivity index (χ0v) is 8.64. The van der Waals surface area contributed by atoms with E-state index in [2.05, 4.69) is 9.72 Å². The van der Waals surface area contributed by atoms with E-state index < -0.39 is 5.97 Å². The first-order valence-electron chi connectivity index (χ1n) is 4.60. The summed E-state index contributed by atoms with van der Waals surface area (Å²) >= 11 is 0. The average Bonchev–Trinajstić information content (AvgIpc) is 2.77. The van der Waals surface area contributed by atoms with Crippen molar-refractivity contribution in [2.45, 2.75) is 0 Å². The largest absolute Gasteiger partial charge is 0.464 e. The Balaban J connectivity index is 2.35. The van der Waals surface area contributed by atoms with Crippen LogP contribution in [0.15, 0.2) is 34.9 Å². The van der Waals surface area contributed by atoms with Crippen molar-refractivity contribution in [3.63, 3.8) is 0 Å². The molecule has 2 aromatic rings. The first kappa shape index (κ1) is 10.4. The number of hydrogen-bond acceptors (Lipinski definition) is 4. The maximum absolute atomic E-state index is 11.2. The zero-order chi connectivity index (χ0) is 11.5. The highest BCUT2D eigenvalue weighted by Gasteiger charge is 2.13. The Kier molecular flexibility index (Phi) is 2.72. The molecule has 0 N–H and O–H groups in total. The summed E-state index contributed by atoms with van der Waals surface area (Å²) in [6, 6.07) is 7.05. The highest BCUT2D eigenvalue weighted by atomic mass is 16.5. The van der Waals surface area contributed by atoms with Gasteiger partial charge >= 0.3 is 5.97 Å². The smallest absolute Gasteiger partial charge is 0.360 e. The third-order valence-corrected chi connectivity index (χ3v) is 2.03. The van der Waals surface area contributed by atoms with E-state index in [0.717, 1.165) is 5.56 Å². The van der Waals surface area contributed by atoms with E-state index in [-0.39, 0.29) is 5.69 Å². The first-order chi connectivity index (χ1) is 7.70. The standard InChI is InChI=1S/C12H9NO3/c1-8-4-3-5-9(6-8)11-13-10(7-16-11)12(14)15-2/h1,3-7H,2H3. The van der Waals surface area contributed by atoms with E-state index in [1.165, 1.54) is 13.4 Å². The molecule has 0 saturated heterocycles. The number of esters is 1. The first-order valence-corrected chi connectivity index (χ1v) is 4.60. The molecular formula is C12H9NO3. The Bertz CT molecular complexity index is 516. The van der Waals surface area contributed by atoms with Crippen LogP contribution in [0.2, 0.25) is 0 Å². The van der Waals surface area contributed by atoms with E-state index in [0.29, 0.717) is 11.5 Å². The molecule has 0 amide bonds. The summed E-state index contributed by atoms with van der Waals surface area (Å²) in [5, 5.41) is 0. The molecule has 0 spiro atoms. The second kappa shape index (κ2) is 4.18. The molecule has 1 aromatic heterocycles. The molecule has 2 rings (SSSR count). The maximum atomic E-state index is 11.2. The predicted molar refractivity (Wildman–Crippen MR) is 56.7 cm³/mol. The number of hydrogen-bond donors (Lipinski definition) is 0. The summed E-state index contributed by atoms with van der Waals surface area (Å²) < 4.78 is 9.68. The molecule has 0 saturated carbocycles. The molecule has 0 bridgehead atoms. The lowest BCUT2D eigenvalue weighted by Gasteiger charge is -1.95. The molecule has 4 nitrogen and oxygen atoms in total. The number of oxazole rings is 1. The lowest BCUT2D eigenvalue weighted by atomic mass is 10.1. The maximum Gasteiger partial charge on any atom is 0.360 e. The molecule has 16 heavy (non-hydrogen) atoms. The number of carbonyl (C=O) groups is 1. The zero-order valence-electron chi connectivity index (χ0n) is 8.64. The van der Waals surface area contributed by atoms with Crippen LogP contribution in [0, 0.1) is 6.92 Å². The Hall–Kier alpha value is -2.10. The van der Waals surface area contributed by atoms with Crippen molar-refractivity contribution in [3.8, 4) is 11.5 Å². The monoisotopic (exact) mass is 215 g/mol. The van der Waals surface area contributed by atoms with Gasteiger partial charge in [0.1, 0.15) is 6.26 Å². The van der Waals surface area contributed by atoms with E-state index in [1.54, 1.807) is 24.3 Å². The minimum Gasteiger partial charge on any atom is -0.464 e. The second-order valence-corrected chi connectivity index (χ2v) is 3.15. The van der Waals surface area contributed by atoms with Gasteiger partial charge in [-0.05, 0) is 24.6 Å². The van der Waals surface area contributed by atoms with Gasteiger partial charge in [0.05, 0.1) is 7.11 Å². The van der Waals surface area contributed by atoms with Crippen LogP contribution in [0.1, 0.15) is 16.1 Å². The van der Waals surface area contributed by atoms with Crippen LogP contribution in [0.25, 0.3) is 11.5 Å². The fraction of sp³-hybridized carbons (Fsp3) is 0.0833. The Morgan fingerprint density at radius 3 is 3.00 bits per heavy atom. The number of benzene rings is 1. The van der Waals surface area contributed by atoms with E-state index in [9.17, 15) is 4.79 Å². The topological polar surface area (TPSA) is 52.3 Å². The molecule has 0 aliphatic heterocycles. The van der Waals surface area contributed by atoms with Gasteiger partial charge in [-0.15, -0.1) is 0 Å². The van der Waals surface area contributed by atoms with Gasteiger partial charge in [0.25, 0.3) is 0 Å². The van der Waals surface area contributed by atoms with E-state index in [4.69, 9.17) is 11.3 Å². The highest BCUT2D eigenvalue weighted by Crippen LogP contribution is 2.19. The third-order valence-electron chi connectivity index (χ3n) is 2.03. The minimum atomic E-state index is -0.529. The number of aromatic nitrogens is 1. The molecule has 1 heterocycles. The summed E-state index contributed by atoms with van der Waals surface area (Å²) in [6.07, 6.45) is 1.25. The number of methoxy groups -OCH3 is 1. The Morgan fingerprint density at radius 2 is 2.31 bits per heavy atom. The van der Waals surface area contributed by atoms with Crippen LogP contribution in [0.3, 0.4) is 0 Å². The van der Waals surface area contributed by atoms with Crippen molar-refractivity contribution in [1.29, 1.82) is 0 Å². The van der Waals surface area contributed by atoms with Gasteiger partial charge in [-0.3, -0.25) is 0 Å². The Morgan fingerprint density at radius 1 is 1.50 bits per heavy atom. The van der Waals surface area contributed by atoms with Gasteiger partial charge in [-0.2, -0.15) is 0 Å². The molecule has 0 unspecified atom stereocenters. The lowest BCUT2D eigenvalue weighted by molar-refractivity contribution is 0.0594. The van der Waals surface area contributed by atoms with Crippen molar-refractivity contribution in [2.75, 3.05) is 7.11 Å². The molecule has 0 aliphatic rings. The van der Waals surface area contributed by atoms with Crippen molar-refractivity contribution in [2.24, 2.45) is 0 Å². The SMILES string of the molecule is [CH]c1cccc(-c2nc(C(=O)OC)co2)c1. The van der Waals surface area contributed by atoms with Gasteiger partial charge in [0.15, 0.2) is 5.69 Å². The minimum absolute atomic E-state index is 0.139. The highest BCUT2D eigenvalue weighted by molar-refractivity contribution is 5.87. The van der Waals surface area contributed by atoms with Crippen molar-refractivity contribution < 1.29 is 13.9 Å². The van der Waals surface area contributed by atoms with Crippen molar-refractivity contribution in [3.05, 3.63) is 48.7 Å². The quantitative estimate of drug-likeness (QED) is 0.720. The van der Waals surface area contributed by atoms with Crippen LogP contribution in [0.4, 0.5) is 0 Å². The predicted octanol–water partition coefficient (Wildman–Crippen LogP) is 2.19. The van der Waals surface area contributed by atoms with Gasteiger partial charge < -0.3 is 9.15 Å². The second-order valence-electron chi connectivity index (χ2n) is 3.15.